The van der Waals surface area contributed by atoms with Gasteiger partial charge < -0.3 is 10.4 Å². The fourth-order valence-corrected chi connectivity index (χ4v) is 2.93. The van der Waals surface area contributed by atoms with E-state index in [0.29, 0.717) is 17.5 Å². The van der Waals surface area contributed by atoms with Crippen LogP contribution in [-0.4, -0.2) is 22.0 Å². The molecule has 0 aromatic heterocycles. The third-order valence-corrected chi connectivity index (χ3v) is 4.49. The molecule has 6 nitrogen and oxygen atoms in total. The maximum Gasteiger partial charge on any atom is 0.338 e. The van der Waals surface area contributed by atoms with Gasteiger partial charge in [-0.05, 0) is 24.3 Å². The average Bonchev–Trinajstić information content (AvgIpc) is 2.43. The van der Waals surface area contributed by atoms with Crippen molar-refractivity contribution in [2.45, 2.75) is 39.2 Å². The first kappa shape index (κ1) is 15.3. The van der Waals surface area contributed by atoms with Gasteiger partial charge in [-0.2, -0.15) is 0 Å². The van der Waals surface area contributed by atoms with E-state index in [1.807, 2.05) is 0 Å². The number of nitrogens with zero attached hydrogens (tertiary/aromatic N) is 1. The number of nitrogens with one attached hydrogen (secondary N) is 1. The predicted molar refractivity (Wildman–Crippen MR) is 79.6 cm³/mol. The number of hydrogen-bond acceptors (Lipinski definition) is 4. The van der Waals surface area contributed by atoms with E-state index in [1.54, 1.807) is 0 Å². The molecular formula is C15H20N2O4. The van der Waals surface area contributed by atoms with Crippen molar-refractivity contribution >= 4 is 17.3 Å². The maximum absolute atomic E-state index is 11.3. The van der Waals surface area contributed by atoms with Crippen molar-refractivity contribution in [3.8, 4) is 0 Å². The third-order valence-electron chi connectivity index (χ3n) is 4.49. The fraction of sp³-hybridized carbons (Fsp3) is 0.533. The van der Waals surface area contributed by atoms with Gasteiger partial charge in [0.15, 0.2) is 0 Å². The minimum absolute atomic E-state index is 0.0466. The smallest absolute Gasteiger partial charge is 0.338 e. The molecule has 1 aromatic rings. The van der Waals surface area contributed by atoms with Crippen molar-refractivity contribution in [3.05, 3.63) is 33.9 Å². The number of carboxylic acids is 1. The van der Waals surface area contributed by atoms with E-state index in [0.717, 1.165) is 18.9 Å². The minimum atomic E-state index is -1.15. The average molecular weight is 292 g/mol. The molecule has 0 aliphatic heterocycles. The fourth-order valence-electron chi connectivity index (χ4n) is 2.93. The molecule has 3 unspecified atom stereocenters. The third kappa shape index (κ3) is 3.32. The number of benzene rings is 1. The highest BCUT2D eigenvalue weighted by molar-refractivity contribution is 5.95. The standard InChI is InChI=1S/C15H20N2O4/c1-9-4-3-5-13(10(9)2)16-14-7-6-11(17(20)21)8-12(14)15(18)19/h6-10,13,16H,3-5H2,1-2H3,(H,18,19). The van der Waals surface area contributed by atoms with Crippen molar-refractivity contribution in [2.75, 3.05) is 5.32 Å². The second-order valence-corrected chi connectivity index (χ2v) is 5.81. The predicted octanol–water partition coefficient (Wildman–Crippen LogP) is 3.53. The molecule has 0 radical (unpaired) electrons. The van der Waals surface area contributed by atoms with E-state index < -0.39 is 10.9 Å². The van der Waals surface area contributed by atoms with E-state index in [-0.39, 0.29) is 17.3 Å². The molecule has 0 amide bonds. The number of hydrogen-bond donors (Lipinski definition) is 2. The molecule has 0 bridgehead atoms. The van der Waals surface area contributed by atoms with Crippen molar-refractivity contribution in [1.29, 1.82) is 0 Å². The summed E-state index contributed by atoms with van der Waals surface area (Å²) in [6.07, 6.45) is 3.28. The van der Waals surface area contributed by atoms with E-state index >= 15 is 0 Å². The molecule has 1 fully saturated rings. The quantitative estimate of drug-likeness (QED) is 0.654. The Kier molecular flexibility index (Phi) is 4.45. The highest BCUT2D eigenvalue weighted by atomic mass is 16.6. The topological polar surface area (TPSA) is 92.5 Å². The highest BCUT2D eigenvalue weighted by Crippen LogP contribution is 2.33. The van der Waals surface area contributed by atoms with E-state index in [2.05, 4.69) is 19.2 Å². The highest BCUT2D eigenvalue weighted by Gasteiger charge is 2.28. The molecule has 0 saturated heterocycles. The van der Waals surface area contributed by atoms with Crippen LogP contribution in [0.25, 0.3) is 0 Å². The van der Waals surface area contributed by atoms with Gasteiger partial charge in [0.25, 0.3) is 5.69 Å². The van der Waals surface area contributed by atoms with E-state index in [9.17, 15) is 20.0 Å². The van der Waals surface area contributed by atoms with Crippen LogP contribution in [-0.2, 0) is 0 Å². The summed E-state index contributed by atoms with van der Waals surface area (Å²) in [6.45, 7) is 4.36. The van der Waals surface area contributed by atoms with Gasteiger partial charge >= 0.3 is 5.97 Å². The molecule has 0 spiro atoms. The number of aromatic carboxylic acids is 1. The Bertz CT molecular complexity index is 559. The molecule has 114 valence electrons. The Morgan fingerprint density at radius 1 is 1.38 bits per heavy atom. The van der Waals surface area contributed by atoms with Gasteiger partial charge in [0, 0.05) is 23.9 Å². The number of non-ortho nitro benzene ring substituents is 1. The molecule has 0 heterocycles. The summed E-state index contributed by atoms with van der Waals surface area (Å²) < 4.78 is 0. The van der Waals surface area contributed by atoms with E-state index in [1.165, 1.54) is 18.6 Å². The van der Waals surface area contributed by atoms with Gasteiger partial charge in [-0.1, -0.05) is 26.7 Å². The van der Waals surface area contributed by atoms with E-state index in [4.69, 9.17) is 0 Å². The minimum Gasteiger partial charge on any atom is -0.478 e. The van der Waals surface area contributed by atoms with Crippen molar-refractivity contribution in [3.63, 3.8) is 0 Å². The second-order valence-electron chi connectivity index (χ2n) is 5.81. The van der Waals surface area contributed by atoms with Crippen LogP contribution in [0, 0.1) is 22.0 Å². The van der Waals surface area contributed by atoms with Crippen LogP contribution < -0.4 is 5.32 Å². The van der Waals surface area contributed by atoms with Gasteiger partial charge in [-0.25, -0.2) is 4.79 Å². The zero-order chi connectivity index (χ0) is 15.6. The largest absolute Gasteiger partial charge is 0.478 e. The van der Waals surface area contributed by atoms with Gasteiger partial charge in [-0.15, -0.1) is 0 Å². The van der Waals surface area contributed by atoms with Gasteiger partial charge in [0.05, 0.1) is 10.5 Å². The molecule has 2 N–H and O–H groups in total. The van der Waals surface area contributed by atoms with Crippen LogP contribution in [0.15, 0.2) is 18.2 Å². The molecular weight excluding hydrogens is 272 g/mol. The Balaban J connectivity index is 2.27. The molecule has 1 aliphatic rings. The lowest BCUT2D eigenvalue weighted by molar-refractivity contribution is -0.384. The summed E-state index contributed by atoms with van der Waals surface area (Å²) in [7, 11) is 0. The molecule has 3 atom stereocenters. The lowest BCUT2D eigenvalue weighted by atomic mass is 9.78. The van der Waals surface area contributed by atoms with Crippen molar-refractivity contribution in [2.24, 2.45) is 11.8 Å². The molecule has 1 aromatic carbocycles. The van der Waals surface area contributed by atoms with Crippen LogP contribution in [0.1, 0.15) is 43.5 Å². The van der Waals surface area contributed by atoms with Gasteiger partial charge in [0.1, 0.15) is 0 Å². The lowest BCUT2D eigenvalue weighted by Gasteiger charge is -2.35. The van der Waals surface area contributed by atoms with Crippen LogP contribution in [0.5, 0.6) is 0 Å². The molecule has 2 rings (SSSR count). The summed E-state index contributed by atoms with van der Waals surface area (Å²) >= 11 is 0. The van der Waals surface area contributed by atoms with Gasteiger partial charge in [0.2, 0.25) is 0 Å². The van der Waals surface area contributed by atoms with Crippen LogP contribution >= 0.6 is 0 Å². The summed E-state index contributed by atoms with van der Waals surface area (Å²) in [5.74, 6) is -0.129. The first-order valence-corrected chi connectivity index (χ1v) is 7.18. The zero-order valence-electron chi connectivity index (χ0n) is 12.2. The maximum atomic E-state index is 11.3. The number of carbonyl (C=O) groups is 1. The monoisotopic (exact) mass is 292 g/mol. The van der Waals surface area contributed by atoms with Crippen LogP contribution in [0.2, 0.25) is 0 Å². The molecule has 1 saturated carbocycles. The van der Waals surface area contributed by atoms with Crippen LogP contribution in [0.4, 0.5) is 11.4 Å². The number of carboxylic acid groups (broad SMARTS) is 1. The summed E-state index contributed by atoms with van der Waals surface area (Å²) in [5.41, 5.74) is 0.205. The number of anilines is 1. The first-order valence-electron chi connectivity index (χ1n) is 7.18. The Labute approximate surface area is 123 Å². The number of nitro benzene ring substituents is 1. The first-order chi connectivity index (χ1) is 9.90. The lowest BCUT2D eigenvalue weighted by Crippen LogP contribution is -2.35. The summed E-state index contributed by atoms with van der Waals surface area (Å²) in [6, 6.07) is 4.15. The number of nitro groups is 1. The van der Waals surface area contributed by atoms with Crippen molar-refractivity contribution < 1.29 is 14.8 Å². The van der Waals surface area contributed by atoms with Gasteiger partial charge in [-0.3, -0.25) is 10.1 Å². The van der Waals surface area contributed by atoms with Crippen LogP contribution in [0.3, 0.4) is 0 Å². The molecule has 1 aliphatic carbocycles. The summed E-state index contributed by atoms with van der Waals surface area (Å²) in [5, 5.41) is 23.3. The number of rotatable bonds is 4. The Morgan fingerprint density at radius 3 is 2.71 bits per heavy atom. The Morgan fingerprint density at radius 2 is 2.10 bits per heavy atom. The molecule has 6 heteroatoms. The SMILES string of the molecule is CC1CCCC(Nc2ccc([N+](=O)[O-])cc2C(=O)O)C1C. The normalized spacial score (nSPS) is 25.3. The Hall–Kier alpha value is -2.11. The molecule has 21 heavy (non-hydrogen) atoms. The zero-order valence-corrected chi connectivity index (χ0v) is 12.2. The summed E-state index contributed by atoms with van der Waals surface area (Å²) in [4.78, 5) is 21.5. The van der Waals surface area contributed by atoms with Crippen molar-refractivity contribution in [1.82, 2.24) is 0 Å². The second kappa shape index (κ2) is 6.11.